The van der Waals surface area contributed by atoms with Gasteiger partial charge in [0.1, 0.15) is 0 Å². The van der Waals surface area contributed by atoms with Crippen LogP contribution < -0.4 is 0 Å². The Bertz CT molecular complexity index is 20.0. The Morgan fingerprint density at radius 1 is 1.50 bits per heavy atom. The van der Waals surface area contributed by atoms with Crippen LogP contribution in [-0.2, 0) is 0 Å². The summed E-state index contributed by atoms with van der Waals surface area (Å²) in [5, 5.41) is 15.8. The molecule has 0 aliphatic rings. The zero-order valence-corrected chi connectivity index (χ0v) is 3.68. The molecule has 0 aliphatic heterocycles. The van der Waals surface area contributed by atoms with Crippen LogP contribution in [0.1, 0.15) is 13.3 Å². The van der Waals surface area contributed by atoms with Crippen molar-refractivity contribution in [3.63, 3.8) is 0 Å². The molecule has 0 fully saturated rings. The summed E-state index contributed by atoms with van der Waals surface area (Å²) >= 11 is 0. The molecule has 0 radical (unpaired) electrons. The van der Waals surface area contributed by atoms with Gasteiger partial charge >= 0.3 is 0 Å². The van der Waals surface area contributed by atoms with E-state index in [2.05, 4.69) is 0 Å². The fourth-order valence-corrected chi connectivity index (χ4v) is 0. The first-order valence-electron chi connectivity index (χ1n) is 1.63. The second-order valence-corrected chi connectivity index (χ2v) is 0.889. The van der Waals surface area contributed by atoms with E-state index in [1.54, 1.807) is 6.92 Å². The lowest BCUT2D eigenvalue weighted by molar-refractivity contribution is -0.0413. The van der Waals surface area contributed by atoms with Crippen molar-refractivity contribution < 1.29 is 15.7 Å². The van der Waals surface area contributed by atoms with Gasteiger partial charge < -0.3 is 15.7 Å². The van der Waals surface area contributed by atoms with Gasteiger partial charge in [-0.1, -0.05) is 6.92 Å². The van der Waals surface area contributed by atoms with Crippen molar-refractivity contribution in [1.29, 1.82) is 0 Å². The minimum absolute atomic E-state index is 0. The Morgan fingerprint density at radius 2 is 1.67 bits per heavy atom. The maximum atomic E-state index is 7.92. The van der Waals surface area contributed by atoms with Gasteiger partial charge in [0.2, 0.25) is 0 Å². The zero-order chi connectivity index (χ0) is 4.28. The molecule has 0 rings (SSSR count). The Morgan fingerprint density at radius 3 is 1.67 bits per heavy atom. The number of hydrogen-bond donors (Lipinski definition) is 2. The summed E-state index contributed by atoms with van der Waals surface area (Å²) in [5.74, 6) is 0. The molecular weight excluding hydrogens is 84.0 g/mol. The Labute approximate surface area is 36.5 Å². The highest BCUT2D eigenvalue weighted by Crippen LogP contribution is 1.77. The minimum Gasteiger partial charge on any atom is -0.412 e. The molecule has 0 aromatic heterocycles. The second-order valence-electron chi connectivity index (χ2n) is 0.889. The average Bonchev–Trinajstić information content (AvgIpc) is 1.38. The standard InChI is InChI=1S/C3H8O2.H2O/c1-2-3(4)5;/h3-5H,2H2,1H3;1H2. The molecule has 6 heavy (non-hydrogen) atoms. The molecule has 0 aromatic carbocycles. The van der Waals surface area contributed by atoms with Gasteiger partial charge in [-0.2, -0.15) is 0 Å². The number of hydrogen-bond acceptors (Lipinski definition) is 2. The third-order valence-electron chi connectivity index (χ3n) is 0.365. The van der Waals surface area contributed by atoms with Gasteiger partial charge in [0.05, 0.1) is 0 Å². The third-order valence-corrected chi connectivity index (χ3v) is 0.365. The van der Waals surface area contributed by atoms with Crippen molar-refractivity contribution in [2.75, 3.05) is 0 Å². The molecule has 3 heteroatoms. The first-order valence-corrected chi connectivity index (χ1v) is 1.63. The molecule has 0 spiro atoms. The van der Waals surface area contributed by atoms with Gasteiger partial charge in [0.25, 0.3) is 0 Å². The molecule has 0 bridgehead atoms. The SMILES string of the molecule is CCC(O)O.O. The van der Waals surface area contributed by atoms with E-state index in [0.717, 1.165) is 0 Å². The van der Waals surface area contributed by atoms with Crippen LogP contribution in [0, 0.1) is 0 Å². The minimum atomic E-state index is -1.12. The smallest absolute Gasteiger partial charge is 0.151 e. The molecule has 3 nitrogen and oxygen atoms in total. The first kappa shape index (κ1) is 9.30. The molecule has 0 atom stereocenters. The summed E-state index contributed by atoms with van der Waals surface area (Å²) in [7, 11) is 0. The van der Waals surface area contributed by atoms with E-state index in [-0.39, 0.29) is 5.48 Å². The predicted octanol–water partition coefficient (Wildman–Crippen LogP) is -1.12. The lowest BCUT2D eigenvalue weighted by atomic mass is 10.5. The molecule has 0 amide bonds. The lowest BCUT2D eigenvalue weighted by Crippen LogP contribution is -1.99. The lowest BCUT2D eigenvalue weighted by Gasteiger charge is -1.90. The summed E-state index contributed by atoms with van der Waals surface area (Å²) < 4.78 is 0. The number of rotatable bonds is 1. The zero-order valence-electron chi connectivity index (χ0n) is 3.68. The molecule has 0 saturated heterocycles. The number of aliphatic hydroxyl groups is 2. The van der Waals surface area contributed by atoms with Crippen molar-refractivity contribution in [1.82, 2.24) is 0 Å². The van der Waals surface area contributed by atoms with Crippen LogP contribution in [0.2, 0.25) is 0 Å². The molecule has 40 valence electrons. The third kappa shape index (κ3) is 9.11. The quantitative estimate of drug-likeness (QED) is 0.404. The fourth-order valence-electron chi connectivity index (χ4n) is 0. The van der Waals surface area contributed by atoms with Crippen molar-refractivity contribution in [3.8, 4) is 0 Å². The second kappa shape index (κ2) is 4.88. The van der Waals surface area contributed by atoms with Gasteiger partial charge in [0, 0.05) is 0 Å². The van der Waals surface area contributed by atoms with Crippen molar-refractivity contribution >= 4 is 0 Å². The highest BCUT2D eigenvalue weighted by atomic mass is 16.5. The topological polar surface area (TPSA) is 72.0 Å². The van der Waals surface area contributed by atoms with Crippen LogP contribution in [0.25, 0.3) is 0 Å². The van der Waals surface area contributed by atoms with Crippen molar-refractivity contribution in [3.05, 3.63) is 0 Å². The van der Waals surface area contributed by atoms with Gasteiger partial charge in [-0.25, -0.2) is 0 Å². The number of aliphatic hydroxyl groups excluding tert-OH is 1. The van der Waals surface area contributed by atoms with Crippen molar-refractivity contribution in [2.45, 2.75) is 19.6 Å². The summed E-state index contributed by atoms with van der Waals surface area (Å²) in [5.41, 5.74) is 0. The molecule has 0 aromatic rings. The summed E-state index contributed by atoms with van der Waals surface area (Å²) in [6.07, 6.45) is -0.699. The van der Waals surface area contributed by atoms with E-state index in [1.807, 2.05) is 0 Å². The van der Waals surface area contributed by atoms with E-state index in [9.17, 15) is 0 Å². The van der Waals surface area contributed by atoms with Gasteiger partial charge in [-0.3, -0.25) is 0 Å². The Kier molecular flexibility index (Phi) is 7.57. The van der Waals surface area contributed by atoms with Crippen molar-refractivity contribution in [2.24, 2.45) is 0 Å². The molecule has 4 N–H and O–H groups in total. The molecule has 0 aliphatic carbocycles. The van der Waals surface area contributed by atoms with Gasteiger partial charge in [-0.15, -0.1) is 0 Å². The maximum absolute atomic E-state index is 7.92. The van der Waals surface area contributed by atoms with Crippen LogP contribution >= 0.6 is 0 Å². The van der Waals surface area contributed by atoms with Crippen LogP contribution in [0.5, 0.6) is 0 Å². The summed E-state index contributed by atoms with van der Waals surface area (Å²) in [6.45, 7) is 1.70. The molecular formula is C3H10O3. The first-order chi connectivity index (χ1) is 2.27. The predicted molar refractivity (Wildman–Crippen MR) is 22.1 cm³/mol. The largest absolute Gasteiger partial charge is 0.412 e. The molecule has 0 heterocycles. The van der Waals surface area contributed by atoms with Gasteiger partial charge in [-0.05, 0) is 6.42 Å². The highest BCUT2D eigenvalue weighted by molar-refractivity contribution is 4.21. The summed E-state index contributed by atoms with van der Waals surface area (Å²) in [6, 6.07) is 0. The van der Waals surface area contributed by atoms with Crippen LogP contribution in [0.3, 0.4) is 0 Å². The fraction of sp³-hybridized carbons (Fsp3) is 1.00. The maximum Gasteiger partial charge on any atom is 0.151 e. The van der Waals surface area contributed by atoms with Gasteiger partial charge in [0.15, 0.2) is 6.29 Å². The van der Waals surface area contributed by atoms with Crippen LogP contribution in [0.15, 0.2) is 0 Å². The van der Waals surface area contributed by atoms with E-state index >= 15 is 0 Å². The van der Waals surface area contributed by atoms with E-state index < -0.39 is 6.29 Å². The van der Waals surface area contributed by atoms with E-state index in [1.165, 1.54) is 0 Å². The Hall–Kier alpha value is -0.120. The summed E-state index contributed by atoms with van der Waals surface area (Å²) in [4.78, 5) is 0. The average molecular weight is 94.1 g/mol. The van der Waals surface area contributed by atoms with Crippen LogP contribution in [0.4, 0.5) is 0 Å². The normalized spacial score (nSPS) is 8.00. The van der Waals surface area contributed by atoms with Crippen LogP contribution in [-0.4, -0.2) is 22.0 Å². The monoisotopic (exact) mass is 94.1 g/mol. The highest BCUT2D eigenvalue weighted by Gasteiger charge is 1.83. The molecule has 0 unspecified atom stereocenters. The Balaban J connectivity index is 0. The van der Waals surface area contributed by atoms with E-state index in [4.69, 9.17) is 10.2 Å². The van der Waals surface area contributed by atoms with E-state index in [0.29, 0.717) is 6.42 Å². The molecule has 0 saturated carbocycles.